The first-order valence-electron chi connectivity index (χ1n) is 10.5. The van der Waals surface area contributed by atoms with Crippen LogP contribution in [0.3, 0.4) is 0 Å². The minimum atomic E-state index is -0.158. The van der Waals surface area contributed by atoms with E-state index in [-0.39, 0.29) is 11.7 Å². The lowest BCUT2D eigenvalue weighted by atomic mass is 10.1. The number of nitrogen functional groups attached to an aromatic ring is 1. The lowest BCUT2D eigenvalue weighted by Crippen LogP contribution is -2.22. The number of anilines is 2. The summed E-state index contributed by atoms with van der Waals surface area (Å²) in [4.78, 5) is 21.6. The van der Waals surface area contributed by atoms with Gasteiger partial charge in [-0.3, -0.25) is 10.2 Å². The largest absolute Gasteiger partial charge is 0.382 e. The van der Waals surface area contributed by atoms with Crippen molar-refractivity contribution in [3.05, 3.63) is 108 Å². The van der Waals surface area contributed by atoms with E-state index in [0.29, 0.717) is 29.2 Å². The van der Waals surface area contributed by atoms with Crippen molar-refractivity contribution in [1.82, 2.24) is 15.3 Å². The van der Waals surface area contributed by atoms with Crippen molar-refractivity contribution in [3.63, 3.8) is 0 Å². The Kier molecular flexibility index (Phi) is 6.70. The third kappa shape index (κ3) is 5.59. The molecule has 0 saturated heterocycles. The number of hydrogen-bond acceptors (Lipinski definition) is 6. The van der Waals surface area contributed by atoms with Crippen LogP contribution in [0.5, 0.6) is 0 Å². The highest BCUT2D eigenvalue weighted by atomic mass is 16.1. The van der Waals surface area contributed by atoms with Gasteiger partial charge in [0.25, 0.3) is 5.91 Å². The average Bonchev–Trinajstić information content (AvgIpc) is 2.87. The zero-order valence-corrected chi connectivity index (χ0v) is 18.2. The molecule has 7 heteroatoms. The third-order valence-electron chi connectivity index (χ3n) is 4.99. The van der Waals surface area contributed by atoms with E-state index in [1.165, 1.54) is 0 Å². The molecule has 1 aromatic heterocycles. The van der Waals surface area contributed by atoms with Crippen LogP contribution in [0.1, 0.15) is 28.5 Å². The zero-order valence-electron chi connectivity index (χ0n) is 18.2. The quantitative estimate of drug-likeness (QED) is 0.292. The van der Waals surface area contributed by atoms with E-state index >= 15 is 0 Å². The van der Waals surface area contributed by atoms with Gasteiger partial charge in [-0.1, -0.05) is 60.7 Å². The van der Waals surface area contributed by atoms with Gasteiger partial charge in [-0.2, -0.15) is 5.10 Å². The summed E-state index contributed by atoms with van der Waals surface area (Å²) in [6.45, 7) is 2.27. The molecule has 0 aliphatic heterocycles. The molecule has 0 fully saturated rings. The van der Waals surface area contributed by atoms with Crippen LogP contribution < -0.4 is 16.5 Å². The number of benzene rings is 3. The number of nitrogens with two attached hydrogens (primary N) is 1. The van der Waals surface area contributed by atoms with Crippen LogP contribution in [-0.2, 0) is 6.54 Å². The van der Waals surface area contributed by atoms with E-state index in [4.69, 9.17) is 5.73 Å². The molecule has 1 amide bonds. The maximum absolute atomic E-state index is 12.7. The number of para-hydroxylation sites is 1. The maximum Gasteiger partial charge on any atom is 0.251 e. The molecule has 0 atom stereocenters. The van der Waals surface area contributed by atoms with Gasteiger partial charge in [0.15, 0.2) is 5.82 Å². The van der Waals surface area contributed by atoms with Gasteiger partial charge in [-0.05, 0) is 36.8 Å². The molecule has 4 aromatic rings. The van der Waals surface area contributed by atoms with E-state index in [0.717, 1.165) is 16.8 Å². The Labute approximate surface area is 192 Å². The van der Waals surface area contributed by atoms with E-state index < -0.39 is 0 Å². The minimum Gasteiger partial charge on any atom is -0.382 e. The van der Waals surface area contributed by atoms with Crippen molar-refractivity contribution in [2.24, 2.45) is 5.10 Å². The summed E-state index contributed by atoms with van der Waals surface area (Å²) < 4.78 is 0. The van der Waals surface area contributed by atoms with Crippen molar-refractivity contribution in [2.45, 2.75) is 13.5 Å². The van der Waals surface area contributed by atoms with E-state index in [1.54, 1.807) is 18.3 Å². The lowest BCUT2D eigenvalue weighted by Gasteiger charge is -2.09. The summed E-state index contributed by atoms with van der Waals surface area (Å²) >= 11 is 0. The molecular formula is C26H24N6O. The van der Waals surface area contributed by atoms with Gasteiger partial charge in [0.05, 0.1) is 23.3 Å². The Hall–Kier alpha value is -4.52. The number of aromatic nitrogens is 2. The van der Waals surface area contributed by atoms with Crippen molar-refractivity contribution >= 4 is 23.1 Å². The Bertz CT molecular complexity index is 1270. The van der Waals surface area contributed by atoms with Crippen LogP contribution in [0.4, 0.5) is 11.5 Å². The Morgan fingerprint density at radius 3 is 2.45 bits per heavy atom. The van der Waals surface area contributed by atoms with Gasteiger partial charge >= 0.3 is 0 Å². The molecule has 4 N–H and O–H groups in total. The second kappa shape index (κ2) is 10.2. The Balaban J connectivity index is 1.52. The predicted octanol–water partition coefficient (Wildman–Crippen LogP) is 4.49. The molecule has 0 aliphatic rings. The van der Waals surface area contributed by atoms with Crippen LogP contribution in [-0.4, -0.2) is 21.6 Å². The molecule has 0 bridgehead atoms. The summed E-state index contributed by atoms with van der Waals surface area (Å²) in [7, 11) is 0. The van der Waals surface area contributed by atoms with Gasteiger partial charge in [0, 0.05) is 17.7 Å². The fourth-order valence-corrected chi connectivity index (χ4v) is 3.22. The highest BCUT2D eigenvalue weighted by molar-refractivity contribution is 6.01. The number of hydrazone groups is 1. The van der Waals surface area contributed by atoms with E-state index in [9.17, 15) is 4.79 Å². The first-order valence-corrected chi connectivity index (χ1v) is 10.5. The molecular weight excluding hydrogens is 412 g/mol. The molecule has 4 rings (SSSR count). The number of hydrogen-bond donors (Lipinski definition) is 3. The summed E-state index contributed by atoms with van der Waals surface area (Å²) in [6.07, 6.45) is 1.59. The molecule has 0 aliphatic carbocycles. The normalized spacial score (nSPS) is 11.1. The van der Waals surface area contributed by atoms with Crippen LogP contribution >= 0.6 is 0 Å². The SMILES string of the molecule is C/C(=N\Nc1ccccc1)c1nc(-c2cccc(C(=O)NCc3ccccc3)c2)cnc1N. The van der Waals surface area contributed by atoms with Crippen LogP contribution in [0, 0.1) is 0 Å². The van der Waals surface area contributed by atoms with E-state index in [1.807, 2.05) is 79.7 Å². The molecule has 7 nitrogen and oxygen atoms in total. The zero-order chi connectivity index (χ0) is 23.0. The smallest absolute Gasteiger partial charge is 0.251 e. The molecule has 0 spiro atoms. The van der Waals surface area contributed by atoms with Gasteiger partial charge in [0.2, 0.25) is 0 Å². The second-order valence-electron chi connectivity index (χ2n) is 7.41. The van der Waals surface area contributed by atoms with E-state index in [2.05, 4.69) is 25.8 Å². The summed E-state index contributed by atoms with van der Waals surface area (Å²) in [5, 5.41) is 7.32. The lowest BCUT2D eigenvalue weighted by molar-refractivity contribution is 0.0951. The first-order chi connectivity index (χ1) is 16.1. The Morgan fingerprint density at radius 2 is 1.70 bits per heavy atom. The van der Waals surface area contributed by atoms with Crippen molar-refractivity contribution in [2.75, 3.05) is 11.2 Å². The highest BCUT2D eigenvalue weighted by Gasteiger charge is 2.12. The van der Waals surface area contributed by atoms with Gasteiger partial charge in [-0.25, -0.2) is 9.97 Å². The molecule has 164 valence electrons. The number of carbonyl (C=O) groups excluding carboxylic acids is 1. The summed E-state index contributed by atoms with van der Waals surface area (Å²) in [6, 6.07) is 26.6. The van der Waals surface area contributed by atoms with Crippen molar-refractivity contribution in [1.29, 1.82) is 0 Å². The van der Waals surface area contributed by atoms with Gasteiger partial charge < -0.3 is 11.1 Å². The number of carbonyl (C=O) groups is 1. The second-order valence-corrected chi connectivity index (χ2v) is 7.41. The third-order valence-corrected chi connectivity index (χ3v) is 4.99. The number of amides is 1. The van der Waals surface area contributed by atoms with Gasteiger partial charge in [-0.15, -0.1) is 0 Å². The molecule has 33 heavy (non-hydrogen) atoms. The average molecular weight is 437 g/mol. The van der Waals surface area contributed by atoms with Crippen LogP contribution in [0.2, 0.25) is 0 Å². The van der Waals surface area contributed by atoms with Crippen LogP contribution in [0.25, 0.3) is 11.3 Å². The monoisotopic (exact) mass is 436 g/mol. The fourth-order valence-electron chi connectivity index (χ4n) is 3.22. The molecule has 0 unspecified atom stereocenters. The van der Waals surface area contributed by atoms with Crippen molar-refractivity contribution in [3.8, 4) is 11.3 Å². The number of nitrogens with zero attached hydrogens (tertiary/aromatic N) is 3. The number of rotatable bonds is 7. The highest BCUT2D eigenvalue weighted by Crippen LogP contribution is 2.20. The van der Waals surface area contributed by atoms with Crippen LogP contribution in [0.15, 0.2) is 96.2 Å². The molecule has 0 radical (unpaired) electrons. The predicted molar refractivity (Wildman–Crippen MR) is 132 cm³/mol. The first kappa shape index (κ1) is 21.7. The topological polar surface area (TPSA) is 105 Å². The van der Waals surface area contributed by atoms with Gasteiger partial charge in [0.1, 0.15) is 5.69 Å². The maximum atomic E-state index is 12.7. The van der Waals surface area contributed by atoms with Crippen molar-refractivity contribution < 1.29 is 4.79 Å². The summed E-state index contributed by atoms with van der Waals surface area (Å²) in [5.74, 6) is 0.126. The number of nitrogens with one attached hydrogen (secondary N) is 2. The standard InChI is InChI=1S/C26H24N6O/c1-18(31-32-22-13-6-3-7-14-22)24-25(27)28-17-23(30-24)20-11-8-12-21(15-20)26(33)29-16-19-9-4-2-5-10-19/h2-15,17,32H,16H2,1H3,(H2,27,28)(H,29,33)/b31-18+. The summed E-state index contributed by atoms with van der Waals surface area (Å²) in [5.41, 5.74) is 13.9. The minimum absolute atomic E-state index is 0.158. The molecule has 1 heterocycles. The fraction of sp³-hybridized carbons (Fsp3) is 0.0769. The molecule has 3 aromatic carbocycles. The Morgan fingerprint density at radius 1 is 0.970 bits per heavy atom. The molecule has 0 saturated carbocycles.